The fourth-order valence-electron chi connectivity index (χ4n) is 2.90. The van der Waals surface area contributed by atoms with Crippen molar-refractivity contribution in [2.24, 2.45) is 0 Å². The number of carbonyl (C=O) groups is 1. The lowest BCUT2D eigenvalue weighted by molar-refractivity contribution is 0.0731. The molecule has 2 aromatic rings. The van der Waals surface area contributed by atoms with Crippen molar-refractivity contribution in [3.63, 3.8) is 0 Å². The summed E-state index contributed by atoms with van der Waals surface area (Å²) in [5, 5.41) is 0.510. The Morgan fingerprint density at radius 2 is 1.85 bits per heavy atom. The number of fused-ring (bicyclic) bond motifs is 1. The molecule has 2 nitrogen and oxygen atoms in total. The quantitative estimate of drug-likeness (QED) is 0.813. The van der Waals surface area contributed by atoms with Gasteiger partial charge < -0.3 is 4.90 Å². The van der Waals surface area contributed by atoms with E-state index in [1.165, 1.54) is 11.1 Å². The molecule has 0 fully saturated rings. The van der Waals surface area contributed by atoms with Crippen molar-refractivity contribution in [1.82, 2.24) is 4.90 Å². The highest BCUT2D eigenvalue weighted by atomic mass is 35.5. The summed E-state index contributed by atoms with van der Waals surface area (Å²) in [5.41, 5.74) is 3.17. The maximum Gasteiger partial charge on any atom is 0.255 e. The van der Waals surface area contributed by atoms with E-state index < -0.39 is 0 Å². The molecule has 0 aromatic heterocycles. The van der Waals surface area contributed by atoms with Gasteiger partial charge in [0.05, 0.1) is 16.6 Å². The van der Waals surface area contributed by atoms with Crippen LogP contribution in [0.2, 0.25) is 5.02 Å². The van der Waals surface area contributed by atoms with Crippen molar-refractivity contribution in [1.29, 1.82) is 0 Å². The zero-order chi connectivity index (χ0) is 14.1. The molecule has 1 atom stereocenters. The normalized spacial score (nSPS) is 16.8. The van der Waals surface area contributed by atoms with E-state index in [4.69, 9.17) is 11.6 Å². The summed E-state index contributed by atoms with van der Waals surface area (Å²) in [4.78, 5) is 14.4. The minimum Gasteiger partial charge on any atom is -0.335 e. The van der Waals surface area contributed by atoms with Crippen molar-refractivity contribution in [2.45, 2.75) is 18.9 Å². The van der Waals surface area contributed by atoms with Crippen molar-refractivity contribution in [3.05, 3.63) is 70.2 Å². The average molecular weight is 286 g/mol. The second-order valence-electron chi connectivity index (χ2n) is 5.15. The Bertz CT molecular complexity index is 653. The molecule has 2 aromatic carbocycles. The Morgan fingerprint density at radius 3 is 2.65 bits per heavy atom. The molecule has 1 aliphatic rings. The molecule has 20 heavy (non-hydrogen) atoms. The molecular weight excluding hydrogens is 270 g/mol. The van der Waals surface area contributed by atoms with Crippen LogP contribution in [0.4, 0.5) is 0 Å². The van der Waals surface area contributed by atoms with Gasteiger partial charge in [-0.05, 0) is 36.1 Å². The molecule has 1 amide bonds. The molecule has 0 heterocycles. The minimum atomic E-state index is -0.0164. The Hall–Kier alpha value is -1.80. The van der Waals surface area contributed by atoms with E-state index in [0.717, 1.165) is 12.8 Å². The number of hydrogen-bond donors (Lipinski definition) is 0. The molecular formula is C17H16ClNO. The maximum absolute atomic E-state index is 12.6. The molecule has 1 unspecified atom stereocenters. The second kappa shape index (κ2) is 5.29. The zero-order valence-corrected chi connectivity index (χ0v) is 12.1. The highest BCUT2D eigenvalue weighted by Gasteiger charge is 2.29. The van der Waals surface area contributed by atoms with Crippen LogP contribution >= 0.6 is 11.6 Å². The number of aryl methyl sites for hydroxylation is 1. The Morgan fingerprint density at radius 1 is 1.15 bits per heavy atom. The number of hydrogen-bond acceptors (Lipinski definition) is 1. The maximum atomic E-state index is 12.6. The van der Waals surface area contributed by atoms with Gasteiger partial charge in [-0.25, -0.2) is 0 Å². The molecule has 0 N–H and O–H groups in total. The van der Waals surface area contributed by atoms with E-state index in [2.05, 4.69) is 18.2 Å². The standard InChI is InChI=1S/C17H16ClNO/c1-19(17(20)14-8-4-5-9-15(14)18)16-11-10-12-6-2-3-7-13(12)16/h2-9,16H,10-11H2,1H3. The van der Waals surface area contributed by atoms with E-state index in [9.17, 15) is 4.79 Å². The van der Waals surface area contributed by atoms with Crippen molar-refractivity contribution < 1.29 is 4.79 Å². The summed E-state index contributed by atoms with van der Waals surface area (Å²) in [5.74, 6) is -0.0164. The van der Waals surface area contributed by atoms with E-state index in [0.29, 0.717) is 10.6 Å². The summed E-state index contributed by atoms with van der Waals surface area (Å²) in [6, 6.07) is 15.7. The summed E-state index contributed by atoms with van der Waals surface area (Å²) in [6.45, 7) is 0. The van der Waals surface area contributed by atoms with E-state index in [1.54, 1.807) is 12.1 Å². The number of halogens is 1. The predicted octanol–water partition coefficient (Wildman–Crippen LogP) is 4.10. The minimum absolute atomic E-state index is 0.0164. The first-order valence-electron chi connectivity index (χ1n) is 6.78. The molecule has 0 spiro atoms. The summed E-state index contributed by atoms with van der Waals surface area (Å²) in [6.07, 6.45) is 2.01. The topological polar surface area (TPSA) is 20.3 Å². The Balaban J connectivity index is 1.89. The van der Waals surface area contributed by atoms with Crippen LogP contribution in [0.25, 0.3) is 0 Å². The molecule has 3 rings (SSSR count). The van der Waals surface area contributed by atoms with Gasteiger partial charge >= 0.3 is 0 Å². The van der Waals surface area contributed by atoms with E-state index in [-0.39, 0.29) is 11.9 Å². The van der Waals surface area contributed by atoms with E-state index in [1.807, 2.05) is 30.1 Å². The molecule has 102 valence electrons. The highest BCUT2D eigenvalue weighted by molar-refractivity contribution is 6.33. The molecule has 1 aliphatic carbocycles. The largest absolute Gasteiger partial charge is 0.335 e. The average Bonchev–Trinajstić information content (AvgIpc) is 2.90. The van der Waals surface area contributed by atoms with Gasteiger partial charge in [0.1, 0.15) is 0 Å². The Labute approximate surface area is 124 Å². The van der Waals surface area contributed by atoms with Gasteiger partial charge in [-0.1, -0.05) is 48.0 Å². The summed E-state index contributed by atoms with van der Waals surface area (Å²) >= 11 is 6.12. The van der Waals surface area contributed by atoms with Gasteiger partial charge in [0.25, 0.3) is 5.91 Å². The Kier molecular flexibility index (Phi) is 3.49. The first-order valence-corrected chi connectivity index (χ1v) is 7.16. The molecule has 0 radical (unpaired) electrons. The molecule has 0 aliphatic heterocycles. The fraction of sp³-hybridized carbons (Fsp3) is 0.235. The van der Waals surface area contributed by atoms with Gasteiger partial charge in [0, 0.05) is 7.05 Å². The summed E-state index contributed by atoms with van der Waals surface area (Å²) < 4.78 is 0. The van der Waals surface area contributed by atoms with Crippen LogP contribution < -0.4 is 0 Å². The van der Waals surface area contributed by atoms with Crippen LogP contribution in [0.5, 0.6) is 0 Å². The number of carbonyl (C=O) groups excluding carboxylic acids is 1. The first kappa shape index (κ1) is 13.2. The fourth-order valence-corrected chi connectivity index (χ4v) is 3.12. The third-order valence-corrected chi connectivity index (χ3v) is 4.32. The highest BCUT2D eigenvalue weighted by Crippen LogP contribution is 2.35. The van der Waals surface area contributed by atoms with Gasteiger partial charge in [-0.2, -0.15) is 0 Å². The third kappa shape index (κ3) is 2.20. The SMILES string of the molecule is CN(C(=O)c1ccccc1Cl)C1CCc2ccccc21. The first-order chi connectivity index (χ1) is 9.68. The van der Waals surface area contributed by atoms with Crippen LogP contribution in [-0.2, 0) is 6.42 Å². The summed E-state index contributed by atoms with van der Waals surface area (Å²) in [7, 11) is 1.86. The lowest BCUT2D eigenvalue weighted by atomic mass is 10.1. The van der Waals surface area contributed by atoms with E-state index >= 15 is 0 Å². The lowest BCUT2D eigenvalue weighted by Gasteiger charge is -2.26. The molecule has 3 heteroatoms. The number of amides is 1. The molecule has 0 saturated heterocycles. The van der Waals surface area contributed by atoms with Gasteiger partial charge in [0.15, 0.2) is 0 Å². The van der Waals surface area contributed by atoms with Gasteiger partial charge in [-0.3, -0.25) is 4.79 Å². The zero-order valence-electron chi connectivity index (χ0n) is 11.3. The van der Waals surface area contributed by atoms with Crippen LogP contribution in [0.3, 0.4) is 0 Å². The lowest BCUT2D eigenvalue weighted by Crippen LogP contribution is -2.30. The number of nitrogens with zero attached hydrogens (tertiary/aromatic N) is 1. The third-order valence-electron chi connectivity index (χ3n) is 3.99. The molecule has 0 bridgehead atoms. The van der Waals surface area contributed by atoms with Crippen molar-refractivity contribution >= 4 is 17.5 Å². The monoisotopic (exact) mass is 285 g/mol. The van der Waals surface area contributed by atoms with Crippen molar-refractivity contribution in [2.75, 3.05) is 7.05 Å². The van der Waals surface area contributed by atoms with Crippen LogP contribution in [0.15, 0.2) is 48.5 Å². The van der Waals surface area contributed by atoms with Crippen LogP contribution in [0.1, 0.15) is 33.9 Å². The predicted molar refractivity (Wildman–Crippen MR) is 81.0 cm³/mol. The van der Waals surface area contributed by atoms with Crippen LogP contribution in [-0.4, -0.2) is 17.9 Å². The second-order valence-corrected chi connectivity index (χ2v) is 5.56. The van der Waals surface area contributed by atoms with Crippen LogP contribution in [0, 0.1) is 0 Å². The smallest absolute Gasteiger partial charge is 0.255 e. The number of rotatable bonds is 2. The molecule has 0 saturated carbocycles. The van der Waals surface area contributed by atoms with Gasteiger partial charge in [0.2, 0.25) is 0 Å². The van der Waals surface area contributed by atoms with Crippen molar-refractivity contribution in [3.8, 4) is 0 Å². The van der Waals surface area contributed by atoms with Gasteiger partial charge in [-0.15, -0.1) is 0 Å². The number of benzene rings is 2.